The van der Waals surface area contributed by atoms with Crippen molar-refractivity contribution in [3.05, 3.63) is 63.8 Å². The normalized spacial score (nSPS) is 11.2. The zero-order valence-electron chi connectivity index (χ0n) is 20.6. The summed E-state index contributed by atoms with van der Waals surface area (Å²) in [5.41, 5.74) is 5.97. The molecule has 2 heterocycles. The number of nitrogens with one attached hydrogen (secondary N) is 2. The highest BCUT2D eigenvalue weighted by Crippen LogP contribution is 2.26. The van der Waals surface area contributed by atoms with Gasteiger partial charge >= 0.3 is 0 Å². The van der Waals surface area contributed by atoms with Crippen LogP contribution in [-0.2, 0) is 22.6 Å². The number of benzene rings is 1. The minimum absolute atomic E-state index is 0.0135. The van der Waals surface area contributed by atoms with Gasteiger partial charge in [-0.05, 0) is 56.4 Å². The summed E-state index contributed by atoms with van der Waals surface area (Å²) in [6, 6.07) is 12.1. The number of aromatic nitrogens is 2. The monoisotopic (exact) mass is 489 g/mol. The lowest BCUT2D eigenvalue weighted by Gasteiger charge is -2.07. The summed E-state index contributed by atoms with van der Waals surface area (Å²) in [4.78, 5) is 28.2. The first-order chi connectivity index (χ1) is 16.8. The average molecular weight is 490 g/mol. The minimum atomic E-state index is -0.469. The number of aryl methyl sites for hydroxylation is 2. The topological polar surface area (TPSA) is 99.8 Å². The van der Waals surface area contributed by atoms with Crippen LogP contribution in [-0.4, -0.2) is 27.9 Å². The zero-order valence-corrected chi connectivity index (χ0v) is 21.5. The molecule has 2 amide bonds. The van der Waals surface area contributed by atoms with Crippen LogP contribution in [0.4, 0.5) is 5.13 Å². The third-order valence-electron chi connectivity index (χ3n) is 5.72. The van der Waals surface area contributed by atoms with Crippen molar-refractivity contribution in [2.24, 2.45) is 0 Å². The van der Waals surface area contributed by atoms with E-state index in [1.807, 2.05) is 55.6 Å². The summed E-state index contributed by atoms with van der Waals surface area (Å²) in [6.45, 7) is 9.23. The first-order valence-electron chi connectivity index (χ1n) is 11.7. The van der Waals surface area contributed by atoms with Crippen LogP contribution in [0.25, 0.3) is 17.3 Å². The number of nitrogens with zero attached hydrogens (tertiary/aromatic N) is 3. The van der Waals surface area contributed by atoms with E-state index in [0.29, 0.717) is 11.7 Å². The maximum atomic E-state index is 12.8. The molecule has 0 bridgehead atoms. The Labute approximate surface area is 210 Å². The Morgan fingerprint density at radius 1 is 1.23 bits per heavy atom. The molecule has 2 aromatic heterocycles. The Morgan fingerprint density at radius 2 is 1.97 bits per heavy atom. The molecular weight excluding hydrogens is 458 g/mol. The largest absolute Gasteiger partial charge is 0.356 e. The van der Waals surface area contributed by atoms with Gasteiger partial charge in [-0.25, -0.2) is 4.98 Å². The number of thiazole rings is 1. The van der Waals surface area contributed by atoms with Crippen LogP contribution in [0.3, 0.4) is 0 Å². The summed E-state index contributed by atoms with van der Waals surface area (Å²) >= 11 is 1.32. The van der Waals surface area contributed by atoms with E-state index < -0.39 is 5.91 Å². The number of nitriles is 1. The van der Waals surface area contributed by atoms with Gasteiger partial charge < -0.3 is 9.88 Å². The Hall–Kier alpha value is -3.70. The summed E-state index contributed by atoms with van der Waals surface area (Å²) in [7, 11) is 0. The molecule has 0 saturated carbocycles. The fourth-order valence-corrected chi connectivity index (χ4v) is 4.59. The molecular formula is C27H31N5O2S. The van der Waals surface area contributed by atoms with Gasteiger partial charge in [0.2, 0.25) is 5.91 Å². The molecule has 0 aliphatic carbocycles. The van der Waals surface area contributed by atoms with Gasteiger partial charge in [-0.1, -0.05) is 31.2 Å². The number of anilines is 1. The Kier molecular flexibility index (Phi) is 8.98. The lowest BCUT2D eigenvalue weighted by molar-refractivity contribution is -0.119. The van der Waals surface area contributed by atoms with Crippen molar-refractivity contribution in [3.63, 3.8) is 0 Å². The molecule has 2 N–H and O–H groups in total. The summed E-state index contributed by atoms with van der Waals surface area (Å²) in [6.07, 6.45) is 4.41. The van der Waals surface area contributed by atoms with E-state index in [2.05, 4.69) is 27.1 Å². The van der Waals surface area contributed by atoms with Crippen molar-refractivity contribution in [1.29, 1.82) is 5.26 Å². The van der Waals surface area contributed by atoms with Crippen molar-refractivity contribution in [3.8, 4) is 17.3 Å². The summed E-state index contributed by atoms with van der Waals surface area (Å²) < 4.78 is 2.19. The molecule has 0 radical (unpaired) electrons. The van der Waals surface area contributed by atoms with Gasteiger partial charge in [0.1, 0.15) is 11.6 Å². The smallest absolute Gasteiger partial charge is 0.268 e. The second kappa shape index (κ2) is 12.1. The van der Waals surface area contributed by atoms with Crippen LogP contribution in [0.1, 0.15) is 49.2 Å². The van der Waals surface area contributed by atoms with Gasteiger partial charge in [-0.3, -0.25) is 14.9 Å². The van der Waals surface area contributed by atoms with Gasteiger partial charge in [-0.2, -0.15) is 5.26 Å². The lowest BCUT2D eigenvalue weighted by Crippen LogP contribution is -2.21. The molecule has 0 unspecified atom stereocenters. The van der Waals surface area contributed by atoms with Gasteiger partial charge in [0.25, 0.3) is 5.91 Å². The highest BCUT2D eigenvalue weighted by Gasteiger charge is 2.15. The third kappa shape index (κ3) is 6.90. The van der Waals surface area contributed by atoms with Crippen molar-refractivity contribution >= 4 is 34.4 Å². The molecule has 7 nitrogen and oxygen atoms in total. The first-order valence-corrected chi connectivity index (χ1v) is 12.6. The van der Waals surface area contributed by atoms with Crippen molar-refractivity contribution in [2.45, 2.75) is 53.5 Å². The van der Waals surface area contributed by atoms with Crippen LogP contribution in [0, 0.1) is 25.2 Å². The van der Waals surface area contributed by atoms with Crippen LogP contribution >= 0.6 is 11.3 Å². The number of carbonyl (C=O) groups is 2. The van der Waals surface area contributed by atoms with E-state index in [0.717, 1.165) is 54.0 Å². The van der Waals surface area contributed by atoms with E-state index >= 15 is 0 Å². The van der Waals surface area contributed by atoms with E-state index in [1.54, 1.807) is 6.08 Å². The molecule has 0 aliphatic heterocycles. The first kappa shape index (κ1) is 25.9. The average Bonchev–Trinajstić information content (AvgIpc) is 3.40. The highest BCUT2D eigenvalue weighted by atomic mass is 32.1. The molecule has 3 rings (SSSR count). The van der Waals surface area contributed by atoms with Crippen molar-refractivity contribution in [2.75, 3.05) is 11.9 Å². The number of rotatable bonds is 10. The maximum absolute atomic E-state index is 12.8. The van der Waals surface area contributed by atoms with Gasteiger partial charge in [0.15, 0.2) is 5.13 Å². The maximum Gasteiger partial charge on any atom is 0.268 e. The molecule has 0 atom stereocenters. The Balaban J connectivity index is 1.65. The SMILES string of the molecule is CCCn1c(C)cc(/C=C(/C#N)C(=O)Nc2nc(-c3ccc(CCCNC(C)=O)cc3)cs2)c1C. The van der Waals surface area contributed by atoms with Crippen LogP contribution in [0.15, 0.2) is 41.3 Å². The number of carbonyl (C=O) groups excluding carboxylic acids is 2. The predicted octanol–water partition coefficient (Wildman–Crippen LogP) is 5.25. The Bertz CT molecular complexity index is 1260. The van der Waals surface area contributed by atoms with Crippen molar-refractivity contribution < 1.29 is 9.59 Å². The second-order valence-electron chi connectivity index (χ2n) is 8.42. The molecule has 8 heteroatoms. The third-order valence-corrected chi connectivity index (χ3v) is 6.47. The molecule has 35 heavy (non-hydrogen) atoms. The molecule has 1 aromatic carbocycles. The van der Waals surface area contributed by atoms with Gasteiger partial charge in [-0.15, -0.1) is 11.3 Å². The molecule has 0 aliphatic rings. The fraction of sp³-hybridized carbons (Fsp3) is 0.333. The highest BCUT2D eigenvalue weighted by molar-refractivity contribution is 7.14. The minimum Gasteiger partial charge on any atom is -0.356 e. The number of amides is 2. The number of hydrogen-bond donors (Lipinski definition) is 2. The van der Waals surface area contributed by atoms with E-state index in [4.69, 9.17) is 0 Å². The predicted molar refractivity (Wildman–Crippen MR) is 141 cm³/mol. The molecule has 3 aromatic rings. The van der Waals surface area contributed by atoms with Crippen molar-refractivity contribution in [1.82, 2.24) is 14.9 Å². The van der Waals surface area contributed by atoms with Gasteiger partial charge in [0, 0.05) is 42.3 Å². The summed E-state index contributed by atoms with van der Waals surface area (Å²) in [5.74, 6) is -0.483. The second-order valence-corrected chi connectivity index (χ2v) is 9.28. The fourth-order valence-electron chi connectivity index (χ4n) is 3.87. The van der Waals surface area contributed by atoms with E-state index in [1.165, 1.54) is 23.8 Å². The summed E-state index contributed by atoms with van der Waals surface area (Å²) in [5, 5.41) is 17.5. The number of hydrogen-bond acceptors (Lipinski definition) is 5. The van der Waals surface area contributed by atoms with Gasteiger partial charge in [0.05, 0.1) is 5.69 Å². The van der Waals surface area contributed by atoms with Crippen LogP contribution < -0.4 is 10.6 Å². The molecule has 0 saturated heterocycles. The zero-order chi connectivity index (χ0) is 25.4. The Morgan fingerprint density at radius 3 is 2.63 bits per heavy atom. The van der Waals surface area contributed by atoms with E-state index in [9.17, 15) is 14.9 Å². The standard InChI is InChI=1S/C27H31N5O2S/c1-5-13-32-18(2)14-23(19(32)3)15-24(16-28)26(34)31-27-30-25(17-35-27)22-10-8-21(9-11-22)7-6-12-29-20(4)33/h8-11,14-15,17H,5-7,12-13H2,1-4H3,(H,29,33)(H,30,31,34)/b24-15-. The lowest BCUT2D eigenvalue weighted by atomic mass is 10.1. The molecule has 0 spiro atoms. The molecule has 182 valence electrons. The quantitative estimate of drug-likeness (QED) is 0.231. The van der Waals surface area contributed by atoms with Crippen LogP contribution in [0.2, 0.25) is 0 Å². The van der Waals surface area contributed by atoms with E-state index in [-0.39, 0.29) is 11.5 Å². The van der Waals surface area contributed by atoms with Crippen LogP contribution in [0.5, 0.6) is 0 Å². The molecule has 0 fully saturated rings.